The van der Waals surface area contributed by atoms with E-state index in [0.29, 0.717) is 29.9 Å². The van der Waals surface area contributed by atoms with Crippen LogP contribution in [0.25, 0.3) is 0 Å². The van der Waals surface area contributed by atoms with E-state index in [0.717, 1.165) is 31.4 Å². The number of carbonyl (C=O) groups is 2. The topological polar surface area (TPSA) is 99.7 Å². The second-order valence-corrected chi connectivity index (χ2v) is 8.50. The third-order valence-electron chi connectivity index (χ3n) is 5.90. The van der Waals surface area contributed by atoms with Gasteiger partial charge in [0.2, 0.25) is 5.91 Å². The molecule has 0 saturated carbocycles. The van der Waals surface area contributed by atoms with Gasteiger partial charge in [-0.2, -0.15) is 0 Å². The molecule has 1 aromatic carbocycles. The number of aliphatic carboxylic acids is 1. The minimum Gasteiger partial charge on any atom is -0.481 e. The molecule has 31 heavy (non-hydrogen) atoms. The van der Waals surface area contributed by atoms with E-state index < -0.39 is 5.97 Å². The molecule has 1 aromatic rings. The first-order chi connectivity index (χ1) is 15.0. The largest absolute Gasteiger partial charge is 0.481 e. The van der Waals surface area contributed by atoms with Crippen LogP contribution in [-0.4, -0.2) is 47.4 Å². The number of nitrogens with one attached hydrogen (secondary N) is 3. The highest BCUT2D eigenvalue weighted by Gasteiger charge is 2.47. The molecule has 0 radical (unpaired) electrons. The molecule has 4 atom stereocenters. The number of carboxylic acids is 1. The van der Waals surface area contributed by atoms with Crippen LogP contribution in [0.3, 0.4) is 0 Å². The molecule has 3 rings (SSSR count). The molecule has 0 aromatic heterocycles. The molecule has 8 heteroatoms. The van der Waals surface area contributed by atoms with Crippen molar-refractivity contribution in [2.75, 3.05) is 18.4 Å². The Kier molecular flexibility index (Phi) is 8.85. The SMILES string of the molecule is O=C(O)CCCC=CC[C@@H]1[C@H](CNC(=O)CNC(=S)Nc2ccccc2)[C@@H]2CC[C@H]1O2. The number of carbonyl (C=O) groups excluding carboxylic acids is 1. The fourth-order valence-corrected chi connectivity index (χ4v) is 4.56. The maximum Gasteiger partial charge on any atom is 0.303 e. The van der Waals surface area contributed by atoms with Gasteiger partial charge in [-0.3, -0.25) is 9.59 Å². The number of unbranched alkanes of at least 4 members (excludes halogenated alkanes) is 1. The Labute approximate surface area is 188 Å². The summed E-state index contributed by atoms with van der Waals surface area (Å²) in [6, 6.07) is 9.57. The van der Waals surface area contributed by atoms with E-state index in [9.17, 15) is 9.59 Å². The predicted molar refractivity (Wildman–Crippen MR) is 124 cm³/mol. The molecular weight excluding hydrogens is 414 g/mol. The molecule has 1 amide bonds. The average Bonchev–Trinajstić information content (AvgIpc) is 3.35. The van der Waals surface area contributed by atoms with Crippen molar-refractivity contribution in [2.45, 2.75) is 50.7 Å². The number of hydrogen-bond acceptors (Lipinski definition) is 4. The first-order valence-corrected chi connectivity index (χ1v) is 11.3. The second-order valence-electron chi connectivity index (χ2n) is 8.09. The van der Waals surface area contributed by atoms with Gasteiger partial charge in [-0.05, 0) is 62.4 Å². The van der Waals surface area contributed by atoms with Crippen molar-refractivity contribution >= 4 is 34.9 Å². The van der Waals surface area contributed by atoms with Gasteiger partial charge < -0.3 is 25.8 Å². The summed E-state index contributed by atoms with van der Waals surface area (Å²) >= 11 is 5.24. The van der Waals surface area contributed by atoms with Gasteiger partial charge in [0.1, 0.15) is 0 Å². The summed E-state index contributed by atoms with van der Waals surface area (Å²) < 4.78 is 6.09. The van der Waals surface area contributed by atoms with Gasteiger partial charge in [0.15, 0.2) is 5.11 Å². The number of benzene rings is 1. The quantitative estimate of drug-likeness (QED) is 0.236. The molecule has 7 nitrogen and oxygen atoms in total. The molecule has 2 bridgehead atoms. The van der Waals surface area contributed by atoms with E-state index in [1.165, 1.54) is 0 Å². The van der Waals surface area contributed by atoms with Crippen LogP contribution in [-0.2, 0) is 14.3 Å². The van der Waals surface area contributed by atoms with Crippen LogP contribution in [0.4, 0.5) is 5.69 Å². The number of amides is 1. The van der Waals surface area contributed by atoms with Crippen molar-refractivity contribution in [2.24, 2.45) is 11.8 Å². The Bertz CT molecular complexity index is 786. The van der Waals surface area contributed by atoms with Gasteiger partial charge in [0.05, 0.1) is 18.8 Å². The Balaban J connectivity index is 1.37. The molecule has 2 aliphatic rings. The normalized spacial score (nSPS) is 24.3. The van der Waals surface area contributed by atoms with Crippen LogP contribution in [0.1, 0.15) is 38.5 Å². The fourth-order valence-electron chi connectivity index (χ4n) is 4.37. The molecule has 0 aliphatic carbocycles. The molecule has 0 spiro atoms. The minimum atomic E-state index is -0.753. The van der Waals surface area contributed by atoms with Gasteiger partial charge in [0, 0.05) is 24.6 Å². The second kappa shape index (κ2) is 11.8. The monoisotopic (exact) mass is 445 g/mol. The summed E-state index contributed by atoms with van der Waals surface area (Å²) in [5.74, 6) is -0.149. The van der Waals surface area contributed by atoms with E-state index in [2.05, 4.69) is 28.1 Å². The van der Waals surface area contributed by atoms with Crippen LogP contribution < -0.4 is 16.0 Å². The Morgan fingerprint density at radius 1 is 1.10 bits per heavy atom. The summed E-state index contributed by atoms with van der Waals surface area (Å²) in [6.07, 6.45) is 9.34. The van der Waals surface area contributed by atoms with E-state index in [-0.39, 0.29) is 31.1 Å². The smallest absolute Gasteiger partial charge is 0.303 e. The van der Waals surface area contributed by atoms with Crippen molar-refractivity contribution in [1.82, 2.24) is 10.6 Å². The molecule has 4 N–H and O–H groups in total. The van der Waals surface area contributed by atoms with E-state index in [4.69, 9.17) is 22.1 Å². The van der Waals surface area contributed by atoms with Crippen LogP contribution >= 0.6 is 12.2 Å². The molecule has 168 valence electrons. The van der Waals surface area contributed by atoms with E-state index in [1.807, 2.05) is 30.3 Å². The Morgan fingerprint density at radius 2 is 1.84 bits per heavy atom. The maximum atomic E-state index is 12.3. The molecule has 2 fully saturated rings. The Morgan fingerprint density at radius 3 is 2.58 bits per heavy atom. The number of thiocarbonyl (C=S) groups is 1. The van der Waals surface area contributed by atoms with Gasteiger partial charge in [-0.15, -0.1) is 0 Å². The zero-order chi connectivity index (χ0) is 22.1. The lowest BCUT2D eigenvalue weighted by Crippen LogP contribution is -2.43. The highest BCUT2D eigenvalue weighted by atomic mass is 32.1. The number of anilines is 1. The third-order valence-corrected chi connectivity index (χ3v) is 6.15. The van der Waals surface area contributed by atoms with Crippen LogP contribution in [0.5, 0.6) is 0 Å². The third kappa shape index (κ3) is 7.33. The highest BCUT2D eigenvalue weighted by molar-refractivity contribution is 7.80. The molecular formula is C23H31N3O4S. The zero-order valence-corrected chi connectivity index (χ0v) is 18.4. The van der Waals surface area contributed by atoms with Crippen LogP contribution in [0.15, 0.2) is 42.5 Å². The number of ether oxygens (including phenoxy) is 1. The molecule has 2 aliphatic heterocycles. The van der Waals surface area contributed by atoms with Crippen molar-refractivity contribution < 1.29 is 19.4 Å². The lowest BCUT2D eigenvalue weighted by atomic mass is 9.77. The number of fused-ring (bicyclic) bond motifs is 2. The van der Waals surface area contributed by atoms with Gasteiger partial charge in [-0.1, -0.05) is 30.4 Å². The molecule has 0 unspecified atom stereocenters. The number of carboxylic acid groups (broad SMARTS) is 1. The zero-order valence-electron chi connectivity index (χ0n) is 17.6. The van der Waals surface area contributed by atoms with E-state index >= 15 is 0 Å². The van der Waals surface area contributed by atoms with Crippen molar-refractivity contribution in [1.29, 1.82) is 0 Å². The van der Waals surface area contributed by atoms with Crippen molar-refractivity contribution in [3.8, 4) is 0 Å². The maximum absolute atomic E-state index is 12.3. The average molecular weight is 446 g/mol. The fraction of sp³-hybridized carbons (Fsp3) is 0.522. The van der Waals surface area contributed by atoms with Gasteiger partial charge in [-0.25, -0.2) is 0 Å². The number of allylic oxidation sites excluding steroid dienone is 2. The van der Waals surface area contributed by atoms with Gasteiger partial charge >= 0.3 is 5.97 Å². The Hall–Kier alpha value is -2.45. The number of para-hydroxylation sites is 1. The summed E-state index contributed by atoms with van der Waals surface area (Å²) in [6.45, 7) is 0.715. The van der Waals surface area contributed by atoms with Crippen molar-refractivity contribution in [3.63, 3.8) is 0 Å². The van der Waals surface area contributed by atoms with Crippen molar-refractivity contribution in [3.05, 3.63) is 42.5 Å². The lowest BCUT2D eigenvalue weighted by Gasteiger charge is -2.27. The number of hydrogen-bond donors (Lipinski definition) is 4. The van der Waals surface area contributed by atoms with Crippen LogP contribution in [0, 0.1) is 11.8 Å². The van der Waals surface area contributed by atoms with Gasteiger partial charge in [0.25, 0.3) is 0 Å². The summed E-state index contributed by atoms with van der Waals surface area (Å²) in [4.78, 5) is 22.9. The first kappa shape index (κ1) is 23.2. The highest BCUT2D eigenvalue weighted by Crippen LogP contribution is 2.44. The number of rotatable bonds is 11. The van der Waals surface area contributed by atoms with Crippen LogP contribution in [0.2, 0.25) is 0 Å². The lowest BCUT2D eigenvalue weighted by molar-refractivity contribution is -0.137. The molecule has 2 heterocycles. The summed E-state index contributed by atoms with van der Waals surface area (Å²) in [5, 5.41) is 18.1. The first-order valence-electron chi connectivity index (χ1n) is 10.9. The summed E-state index contributed by atoms with van der Waals surface area (Å²) in [5.41, 5.74) is 0.874. The van der Waals surface area contributed by atoms with E-state index in [1.54, 1.807) is 0 Å². The molecule has 2 saturated heterocycles. The standard InChI is InChI=1S/C23H31N3O4S/c27-21(15-25-23(31)26-16-8-4-3-5-9-16)24-14-18-17(19-12-13-20(18)30-19)10-6-1-2-7-11-22(28)29/h1,3-6,8-9,17-20H,2,7,10-15H2,(H,24,27)(H,28,29)(H2,25,26,31)/t17-,18+,19-,20+/m1/s1. The predicted octanol–water partition coefficient (Wildman–Crippen LogP) is 3.08. The summed E-state index contributed by atoms with van der Waals surface area (Å²) in [7, 11) is 0. The minimum absolute atomic E-state index is 0.0945.